The Morgan fingerprint density at radius 2 is 2.00 bits per heavy atom. The molecule has 80 valence electrons. The van der Waals surface area contributed by atoms with E-state index in [1.54, 1.807) is 7.11 Å². The SMILES string of the molecule is C=C1CCC(c2cccc(OC)c2)CC1. The molecule has 1 aliphatic carbocycles. The second-order valence-corrected chi connectivity index (χ2v) is 4.30. The van der Waals surface area contributed by atoms with Crippen molar-refractivity contribution in [2.45, 2.75) is 31.6 Å². The minimum Gasteiger partial charge on any atom is -0.497 e. The van der Waals surface area contributed by atoms with E-state index in [2.05, 4.69) is 24.8 Å². The van der Waals surface area contributed by atoms with Crippen molar-refractivity contribution in [3.8, 4) is 5.75 Å². The molecule has 0 bridgehead atoms. The molecule has 1 nitrogen and oxygen atoms in total. The molecule has 0 N–H and O–H groups in total. The average Bonchev–Trinajstić information content (AvgIpc) is 2.30. The standard InChI is InChI=1S/C14H18O/c1-11-6-8-12(9-7-11)13-4-3-5-14(10-13)15-2/h3-5,10,12H,1,6-9H2,2H3. The Hall–Kier alpha value is -1.24. The maximum Gasteiger partial charge on any atom is 0.119 e. The highest BCUT2D eigenvalue weighted by atomic mass is 16.5. The predicted octanol–water partition coefficient (Wildman–Crippen LogP) is 3.91. The Morgan fingerprint density at radius 3 is 2.67 bits per heavy atom. The van der Waals surface area contributed by atoms with Crippen LogP contribution >= 0.6 is 0 Å². The molecule has 0 saturated heterocycles. The molecule has 0 unspecified atom stereocenters. The summed E-state index contributed by atoms with van der Waals surface area (Å²) in [6.07, 6.45) is 4.85. The van der Waals surface area contributed by atoms with E-state index < -0.39 is 0 Å². The van der Waals surface area contributed by atoms with Crippen LogP contribution in [0.15, 0.2) is 36.4 Å². The van der Waals surface area contributed by atoms with Crippen LogP contribution in [0.25, 0.3) is 0 Å². The lowest BCUT2D eigenvalue weighted by Crippen LogP contribution is -2.06. The number of methoxy groups -OCH3 is 1. The fourth-order valence-corrected chi connectivity index (χ4v) is 2.25. The second-order valence-electron chi connectivity index (χ2n) is 4.30. The number of rotatable bonds is 2. The molecular formula is C14H18O. The number of hydrogen-bond acceptors (Lipinski definition) is 1. The third-order valence-corrected chi connectivity index (χ3v) is 3.26. The van der Waals surface area contributed by atoms with Gasteiger partial charge in [0.25, 0.3) is 0 Å². The van der Waals surface area contributed by atoms with E-state index >= 15 is 0 Å². The van der Waals surface area contributed by atoms with Crippen LogP contribution in [0.4, 0.5) is 0 Å². The summed E-state index contributed by atoms with van der Waals surface area (Å²) >= 11 is 0. The third kappa shape index (κ3) is 2.41. The fourth-order valence-electron chi connectivity index (χ4n) is 2.25. The molecule has 0 amide bonds. The van der Waals surface area contributed by atoms with Crippen molar-refractivity contribution in [2.75, 3.05) is 7.11 Å². The zero-order valence-corrected chi connectivity index (χ0v) is 9.33. The van der Waals surface area contributed by atoms with Crippen molar-refractivity contribution >= 4 is 0 Å². The molecule has 0 aromatic heterocycles. The first-order valence-corrected chi connectivity index (χ1v) is 5.60. The third-order valence-electron chi connectivity index (χ3n) is 3.26. The van der Waals surface area contributed by atoms with Gasteiger partial charge in [-0.2, -0.15) is 0 Å². The quantitative estimate of drug-likeness (QED) is 0.661. The molecule has 0 spiro atoms. The Labute approximate surface area is 91.8 Å². The van der Waals surface area contributed by atoms with E-state index in [0.717, 1.165) is 5.75 Å². The minimum absolute atomic E-state index is 0.700. The molecule has 1 fully saturated rings. The van der Waals surface area contributed by atoms with Crippen LogP contribution in [0.5, 0.6) is 5.75 Å². The van der Waals surface area contributed by atoms with E-state index in [1.165, 1.54) is 36.8 Å². The van der Waals surface area contributed by atoms with Gasteiger partial charge in [-0.25, -0.2) is 0 Å². The number of ether oxygens (including phenoxy) is 1. The smallest absolute Gasteiger partial charge is 0.119 e. The second kappa shape index (κ2) is 4.52. The van der Waals surface area contributed by atoms with E-state index in [4.69, 9.17) is 4.74 Å². The van der Waals surface area contributed by atoms with Crippen molar-refractivity contribution in [1.82, 2.24) is 0 Å². The van der Waals surface area contributed by atoms with Crippen LogP contribution in [-0.2, 0) is 0 Å². The Kier molecular flexibility index (Phi) is 3.10. The van der Waals surface area contributed by atoms with Crippen molar-refractivity contribution in [3.63, 3.8) is 0 Å². The van der Waals surface area contributed by atoms with Gasteiger partial charge in [-0.05, 0) is 49.3 Å². The normalized spacial score (nSPS) is 17.8. The van der Waals surface area contributed by atoms with E-state index in [9.17, 15) is 0 Å². The maximum atomic E-state index is 5.25. The highest BCUT2D eigenvalue weighted by Gasteiger charge is 2.17. The number of hydrogen-bond donors (Lipinski definition) is 0. The Morgan fingerprint density at radius 1 is 1.27 bits per heavy atom. The van der Waals surface area contributed by atoms with Crippen LogP contribution in [0.3, 0.4) is 0 Å². The van der Waals surface area contributed by atoms with Crippen molar-refractivity contribution in [3.05, 3.63) is 42.0 Å². The van der Waals surface area contributed by atoms with Crippen LogP contribution < -0.4 is 4.74 Å². The van der Waals surface area contributed by atoms with Gasteiger partial charge in [0.05, 0.1) is 7.11 Å². The van der Waals surface area contributed by atoms with Crippen LogP contribution in [0.2, 0.25) is 0 Å². The highest BCUT2D eigenvalue weighted by Crippen LogP contribution is 2.35. The van der Waals surface area contributed by atoms with Crippen LogP contribution in [0.1, 0.15) is 37.2 Å². The molecule has 0 radical (unpaired) electrons. The minimum atomic E-state index is 0.700. The van der Waals surface area contributed by atoms with E-state index in [1.807, 2.05) is 6.07 Å². The summed E-state index contributed by atoms with van der Waals surface area (Å²) in [7, 11) is 1.72. The molecule has 15 heavy (non-hydrogen) atoms. The van der Waals surface area contributed by atoms with Gasteiger partial charge >= 0.3 is 0 Å². The van der Waals surface area contributed by atoms with Crippen LogP contribution in [0, 0.1) is 0 Å². The van der Waals surface area contributed by atoms with Gasteiger partial charge in [0.2, 0.25) is 0 Å². The van der Waals surface area contributed by atoms with Gasteiger partial charge in [-0.15, -0.1) is 0 Å². The maximum absolute atomic E-state index is 5.25. The van der Waals surface area contributed by atoms with E-state index in [-0.39, 0.29) is 0 Å². The summed E-state index contributed by atoms with van der Waals surface area (Å²) < 4.78 is 5.25. The zero-order chi connectivity index (χ0) is 10.7. The number of allylic oxidation sites excluding steroid dienone is 1. The summed E-state index contributed by atoms with van der Waals surface area (Å²) in [5.74, 6) is 1.67. The highest BCUT2D eigenvalue weighted by molar-refractivity contribution is 5.31. The van der Waals surface area contributed by atoms with Crippen molar-refractivity contribution in [1.29, 1.82) is 0 Å². The lowest BCUT2D eigenvalue weighted by atomic mass is 9.82. The van der Waals surface area contributed by atoms with Gasteiger partial charge in [-0.1, -0.05) is 24.3 Å². The first-order valence-electron chi connectivity index (χ1n) is 5.60. The fraction of sp³-hybridized carbons (Fsp3) is 0.429. The summed E-state index contributed by atoms with van der Waals surface area (Å²) in [5, 5.41) is 0. The predicted molar refractivity (Wildman–Crippen MR) is 63.3 cm³/mol. The van der Waals surface area contributed by atoms with E-state index in [0.29, 0.717) is 5.92 Å². The van der Waals surface area contributed by atoms with Crippen LogP contribution in [-0.4, -0.2) is 7.11 Å². The molecule has 0 heterocycles. The summed E-state index contributed by atoms with van der Waals surface area (Å²) in [4.78, 5) is 0. The largest absolute Gasteiger partial charge is 0.497 e. The molecule has 1 aromatic carbocycles. The van der Waals surface area contributed by atoms with Gasteiger partial charge < -0.3 is 4.74 Å². The Bertz CT molecular complexity index is 344. The van der Waals surface area contributed by atoms with Crippen molar-refractivity contribution in [2.24, 2.45) is 0 Å². The molecule has 1 aliphatic rings. The zero-order valence-electron chi connectivity index (χ0n) is 9.33. The monoisotopic (exact) mass is 202 g/mol. The summed E-state index contributed by atoms with van der Waals surface area (Å²) in [6, 6.07) is 8.46. The molecule has 0 aliphatic heterocycles. The van der Waals surface area contributed by atoms with Gasteiger partial charge in [0.15, 0.2) is 0 Å². The summed E-state index contributed by atoms with van der Waals surface area (Å²) in [5.41, 5.74) is 2.83. The van der Waals surface area contributed by atoms with Gasteiger partial charge in [0.1, 0.15) is 5.75 Å². The Balaban J connectivity index is 2.11. The summed E-state index contributed by atoms with van der Waals surface area (Å²) in [6.45, 7) is 4.05. The topological polar surface area (TPSA) is 9.23 Å². The molecule has 2 rings (SSSR count). The number of benzene rings is 1. The first kappa shape index (κ1) is 10.3. The lowest BCUT2D eigenvalue weighted by Gasteiger charge is -2.23. The average molecular weight is 202 g/mol. The molecule has 1 heteroatoms. The van der Waals surface area contributed by atoms with Crippen molar-refractivity contribution < 1.29 is 4.74 Å². The molecular weight excluding hydrogens is 184 g/mol. The van der Waals surface area contributed by atoms with Gasteiger partial charge in [0, 0.05) is 0 Å². The molecule has 1 saturated carbocycles. The van der Waals surface area contributed by atoms with Gasteiger partial charge in [-0.3, -0.25) is 0 Å². The molecule has 0 atom stereocenters. The first-order chi connectivity index (χ1) is 7.29. The lowest BCUT2D eigenvalue weighted by molar-refractivity contribution is 0.412. The molecule has 1 aromatic rings.